The van der Waals surface area contributed by atoms with E-state index < -0.39 is 17.7 Å². The van der Waals surface area contributed by atoms with Gasteiger partial charge in [0.25, 0.3) is 0 Å². The van der Waals surface area contributed by atoms with E-state index in [9.17, 15) is 23.1 Å². The van der Waals surface area contributed by atoms with Gasteiger partial charge in [-0.25, -0.2) is 4.98 Å². The summed E-state index contributed by atoms with van der Waals surface area (Å²) in [6, 6.07) is 3.26. The van der Waals surface area contributed by atoms with E-state index in [0.29, 0.717) is 22.9 Å². The Morgan fingerprint density at radius 2 is 2.08 bits per heavy atom. The SMILES string of the molecule is CC(C)COc1ccc(C(F)(F)F)cc1Cc1nc(C(=O)[O-])cs1. The highest BCUT2D eigenvalue weighted by atomic mass is 32.1. The molecule has 8 heteroatoms. The molecule has 1 aromatic carbocycles. The molecule has 0 saturated carbocycles. The molecule has 0 spiro atoms. The summed E-state index contributed by atoms with van der Waals surface area (Å²) < 4.78 is 44.3. The van der Waals surface area contributed by atoms with Gasteiger partial charge in [-0.1, -0.05) is 13.8 Å². The van der Waals surface area contributed by atoms with Gasteiger partial charge in [-0.2, -0.15) is 13.2 Å². The molecule has 0 aliphatic rings. The number of carboxylic acid groups (broad SMARTS) is 1. The van der Waals surface area contributed by atoms with Gasteiger partial charge in [0.15, 0.2) is 0 Å². The lowest BCUT2D eigenvalue weighted by Crippen LogP contribution is -2.22. The highest BCUT2D eigenvalue weighted by Crippen LogP contribution is 2.34. The lowest BCUT2D eigenvalue weighted by molar-refractivity contribution is -0.255. The van der Waals surface area contributed by atoms with E-state index in [0.717, 1.165) is 23.5 Å². The fourth-order valence-corrected chi connectivity index (χ4v) is 2.73. The molecule has 2 aromatic rings. The summed E-state index contributed by atoms with van der Waals surface area (Å²) in [5, 5.41) is 12.4. The molecular weight excluding hydrogens is 343 g/mol. The monoisotopic (exact) mass is 358 g/mol. The largest absolute Gasteiger partial charge is 0.543 e. The second kappa shape index (κ2) is 7.21. The summed E-state index contributed by atoms with van der Waals surface area (Å²) in [7, 11) is 0. The molecule has 0 aliphatic heterocycles. The van der Waals surface area contributed by atoms with Crippen molar-refractivity contribution >= 4 is 17.3 Å². The summed E-state index contributed by atoms with van der Waals surface area (Å²) in [5.74, 6) is -0.871. The molecule has 2 rings (SSSR count). The van der Waals surface area contributed by atoms with Crippen LogP contribution in [0.2, 0.25) is 0 Å². The average Bonchev–Trinajstić information content (AvgIpc) is 2.93. The van der Waals surface area contributed by atoms with Gasteiger partial charge < -0.3 is 14.6 Å². The lowest BCUT2D eigenvalue weighted by Gasteiger charge is -2.15. The number of hydrogen-bond acceptors (Lipinski definition) is 5. The molecule has 0 atom stereocenters. The Kier molecular flexibility index (Phi) is 5.48. The number of alkyl halides is 3. The van der Waals surface area contributed by atoms with Crippen LogP contribution in [0.4, 0.5) is 13.2 Å². The van der Waals surface area contributed by atoms with Gasteiger partial charge in [0.05, 0.1) is 28.8 Å². The van der Waals surface area contributed by atoms with Crippen LogP contribution in [0.1, 0.15) is 40.5 Å². The van der Waals surface area contributed by atoms with E-state index in [1.807, 2.05) is 13.8 Å². The van der Waals surface area contributed by atoms with Crippen LogP contribution in [-0.2, 0) is 12.6 Å². The van der Waals surface area contributed by atoms with Crippen molar-refractivity contribution in [1.29, 1.82) is 0 Å². The van der Waals surface area contributed by atoms with Crippen molar-refractivity contribution in [3.63, 3.8) is 0 Å². The molecular formula is C16H15F3NO3S-. The van der Waals surface area contributed by atoms with Gasteiger partial charge in [0.2, 0.25) is 0 Å². The van der Waals surface area contributed by atoms with Crippen LogP contribution < -0.4 is 9.84 Å². The highest BCUT2D eigenvalue weighted by molar-refractivity contribution is 7.09. The fourth-order valence-electron chi connectivity index (χ4n) is 1.94. The minimum atomic E-state index is -4.47. The first-order valence-corrected chi connectivity index (χ1v) is 8.03. The summed E-state index contributed by atoms with van der Waals surface area (Å²) in [6.45, 7) is 4.22. The molecule has 0 unspecified atom stereocenters. The summed E-state index contributed by atoms with van der Waals surface area (Å²) in [6.07, 6.45) is -4.42. The molecule has 0 amide bonds. The number of ether oxygens (including phenoxy) is 1. The third-order valence-corrected chi connectivity index (χ3v) is 3.91. The normalized spacial score (nSPS) is 11.8. The minimum Gasteiger partial charge on any atom is -0.543 e. The van der Waals surface area contributed by atoms with Gasteiger partial charge in [0.1, 0.15) is 5.75 Å². The molecule has 4 nitrogen and oxygen atoms in total. The lowest BCUT2D eigenvalue weighted by atomic mass is 10.1. The predicted octanol–water partition coefficient (Wildman–Crippen LogP) is 3.15. The highest BCUT2D eigenvalue weighted by Gasteiger charge is 2.31. The Labute approximate surface area is 140 Å². The number of rotatable bonds is 6. The van der Waals surface area contributed by atoms with Gasteiger partial charge in [0, 0.05) is 17.4 Å². The minimum absolute atomic E-state index is 0.0509. The maximum Gasteiger partial charge on any atom is 0.416 e. The van der Waals surface area contributed by atoms with E-state index in [-0.39, 0.29) is 18.0 Å². The molecule has 1 aromatic heterocycles. The second-order valence-electron chi connectivity index (χ2n) is 5.62. The summed E-state index contributed by atoms with van der Waals surface area (Å²) in [5.41, 5.74) is -0.706. The fraction of sp³-hybridized carbons (Fsp3) is 0.375. The first kappa shape index (κ1) is 18.3. The number of carbonyl (C=O) groups is 1. The molecule has 0 fully saturated rings. The van der Waals surface area contributed by atoms with E-state index >= 15 is 0 Å². The van der Waals surface area contributed by atoms with Crippen LogP contribution in [0.25, 0.3) is 0 Å². The molecule has 0 aliphatic carbocycles. The topological polar surface area (TPSA) is 62.2 Å². The van der Waals surface area contributed by atoms with Gasteiger partial charge in [-0.05, 0) is 24.1 Å². The van der Waals surface area contributed by atoms with Crippen LogP contribution >= 0.6 is 11.3 Å². The number of hydrogen-bond donors (Lipinski definition) is 0. The zero-order valence-corrected chi connectivity index (χ0v) is 13.8. The van der Waals surface area contributed by atoms with Crippen molar-refractivity contribution in [2.24, 2.45) is 5.92 Å². The van der Waals surface area contributed by atoms with Crippen molar-refractivity contribution < 1.29 is 27.8 Å². The Morgan fingerprint density at radius 1 is 1.38 bits per heavy atom. The predicted molar refractivity (Wildman–Crippen MR) is 81.0 cm³/mol. The first-order valence-electron chi connectivity index (χ1n) is 7.15. The van der Waals surface area contributed by atoms with Crippen LogP contribution in [0, 0.1) is 5.92 Å². The Hall–Kier alpha value is -2.09. The van der Waals surface area contributed by atoms with Crippen LogP contribution in [0.3, 0.4) is 0 Å². The summed E-state index contributed by atoms with van der Waals surface area (Å²) in [4.78, 5) is 14.6. The van der Waals surface area contributed by atoms with Crippen LogP contribution in [0.15, 0.2) is 23.6 Å². The quantitative estimate of drug-likeness (QED) is 0.796. The third kappa shape index (κ3) is 4.70. The number of aromatic carboxylic acids is 1. The maximum absolute atomic E-state index is 12.9. The van der Waals surface area contributed by atoms with Crippen molar-refractivity contribution in [3.8, 4) is 5.75 Å². The van der Waals surface area contributed by atoms with Crippen LogP contribution in [-0.4, -0.2) is 17.6 Å². The Morgan fingerprint density at radius 3 is 2.62 bits per heavy atom. The van der Waals surface area contributed by atoms with E-state index in [2.05, 4.69) is 4.98 Å². The van der Waals surface area contributed by atoms with E-state index in [1.54, 1.807) is 0 Å². The number of aromatic nitrogens is 1. The zero-order chi connectivity index (χ0) is 17.9. The second-order valence-corrected chi connectivity index (χ2v) is 6.56. The maximum atomic E-state index is 12.9. The van der Waals surface area contributed by atoms with Gasteiger partial charge >= 0.3 is 6.18 Å². The number of benzene rings is 1. The summed E-state index contributed by atoms with van der Waals surface area (Å²) >= 11 is 1.05. The van der Waals surface area contributed by atoms with E-state index in [1.165, 1.54) is 11.4 Å². The molecule has 0 radical (unpaired) electrons. The smallest absolute Gasteiger partial charge is 0.416 e. The average molecular weight is 358 g/mol. The van der Waals surface area contributed by atoms with Crippen LogP contribution in [0.5, 0.6) is 5.75 Å². The Balaban J connectivity index is 2.33. The number of thiazole rings is 1. The van der Waals surface area contributed by atoms with Crippen molar-refractivity contribution in [1.82, 2.24) is 4.98 Å². The molecule has 0 saturated heterocycles. The van der Waals surface area contributed by atoms with Gasteiger partial charge in [-0.15, -0.1) is 11.3 Å². The molecule has 130 valence electrons. The molecule has 1 heterocycles. The Bertz CT molecular complexity index is 726. The first-order chi connectivity index (χ1) is 11.2. The number of nitrogens with zero attached hydrogens (tertiary/aromatic N) is 1. The number of halogens is 3. The van der Waals surface area contributed by atoms with E-state index in [4.69, 9.17) is 4.74 Å². The number of carbonyl (C=O) groups excluding carboxylic acids is 1. The molecule has 24 heavy (non-hydrogen) atoms. The van der Waals surface area contributed by atoms with Crippen molar-refractivity contribution in [2.45, 2.75) is 26.4 Å². The van der Waals surface area contributed by atoms with Crippen molar-refractivity contribution in [3.05, 3.63) is 45.4 Å². The van der Waals surface area contributed by atoms with Gasteiger partial charge in [-0.3, -0.25) is 0 Å². The third-order valence-electron chi connectivity index (χ3n) is 3.06. The standard InChI is InChI=1S/C16H16F3NO3S/c1-9(2)7-23-13-4-3-11(16(17,18)19)5-10(13)6-14-20-12(8-24-14)15(21)22/h3-5,8-9H,6-7H2,1-2H3,(H,21,22)/p-1. The molecule has 0 N–H and O–H groups in total. The number of carboxylic acids is 1. The molecule has 0 bridgehead atoms. The van der Waals surface area contributed by atoms with Crippen molar-refractivity contribution in [2.75, 3.05) is 6.61 Å². The zero-order valence-electron chi connectivity index (χ0n) is 13.0.